The van der Waals surface area contributed by atoms with Crippen LogP contribution in [-0.2, 0) is 9.59 Å². The van der Waals surface area contributed by atoms with Crippen LogP contribution in [0.2, 0.25) is 0 Å². The number of carbonyl (C=O) groups excluding carboxylic acids is 2. The summed E-state index contributed by atoms with van der Waals surface area (Å²) in [6.45, 7) is 4.65. The molecule has 1 aliphatic heterocycles. The van der Waals surface area contributed by atoms with Gasteiger partial charge in [-0.25, -0.2) is 0 Å². The molecule has 1 N–H and O–H groups in total. The molecule has 1 saturated heterocycles. The van der Waals surface area contributed by atoms with E-state index in [0.29, 0.717) is 18.9 Å². The van der Waals surface area contributed by atoms with E-state index >= 15 is 0 Å². The maximum Gasteiger partial charge on any atom is 0.248 e. The van der Waals surface area contributed by atoms with Crippen LogP contribution in [0.1, 0.15) is 52.4 Å². The summed E-state index contributed by atoms with van der Waals surface area (Å²) in [5.41, 5.74) is -0.647. The smallest absolute Gasteiger partial charge is 0.248 e. The van der Waals surface area contributed by atoms with Gasteiger partial charge in [-0.1, -0.05) is 12.8 Å². The van der Waals surface area contributed by atoms with Gasteiger partial charge < -0.3 is 10.2 Å². The van der Waals surface area contributed by atoms with Crippen molar-refractivity contribution in [3.63, 3.8) is 0 Å². The Morgan fingerprint density at radius 3 is 2.58 bits per heavy atom. The van der Waals surface area contributed by atoms with Crippen LogP contribution in [0.15, 0.2) is 0 Å². The second kappa shape index (κ2) is 4.50. The van der Waals surface area contributed by atoms with Crippen molar-refractivity contribution < 1.29 is 9.59 Å². The molecule has 3 aliphatic rings. The SMILES string of the molecule is CC(CC1CC1)N1CCC(=O)NC(C)(C2CC2)C1=O. The van der Waals surface area contributed by atoms with Gasteiger partial charge in [-0.3, -0.25) is 9.59 Å². The number of hydrogen-bond acceptors (Lipinski definition) is 2. The van der Waals surface area contributed by atoms with Crippen molar-refractivity contribution in [2.45, 2.75) is 64.0 Å². The molecule has 2 aliphatic carbocycles. The van der Waals surface area contributed by atoms with E-state index < -0.39 is 5.54 Å². The molecule has 2 unspecified atom stereocenters. The van der Waals surface area contributed by atoms with E-state index in [1.54, 1.807) is 0 Å². The Kier molecular flexibility index (Phi) is 3.06. The summed E-state index contributed by atoms with van der Waals surface area (Å²) in [6, 6.07) is 0.269. The highest BCUT2D eigenvalue weighted by atomic mass is 16.2. The van der Waals surface area contributed by atoms with Gasteiger partial charge in [-0.05, 0) is 44.9 Å². The van der Waals surface area contributed by atoms with E-state index in [4.69, 9.17) is 0 Å². The lowest BCUT2D eigenvalue weighted by Gasteiger charge is -2.35. The molecule has 106 valence electrons. The minimum Gasteiger partial charge on any atom is -0.342 e. The summed E-state index contributed by atoms with van der Waals surface area (Å²) in [5, 5.41) is 2.99. The zero-order chi connectivity index (χ0) is 13.6. The summed E-state index contributed by atoms with van der Waals surface area (Å²) in [6.07, 6.45) is 6.29. The van der Waals surface area contributed by atoms with E-state index in [0.717, 1.165) is 25.2 Å². The molecule has 0 aromatic heterocycles. The molecular weight excluding hydrogens is 240 g/mol. The number of hydrogen-bond donors (Lipinski definition) is 1. The molecule has 0 spiro atoms. The van der Waals surface area contributed by atoms with Crippen LogP contribution < -0.4 is 5.32 Å². The van der Waals surface area contributed by atoms with E-state index in [9.17, 15) is 9.59 Å². The van der Waals surface area contributed by atoms with Gasteiger partial charge in [-0.2, -0.15) is 0 Å². The van der Waals surface area contributed by atoms with Gasteiger partial charge >= 0.3 is 0 Å². The molecule has 2 saturated carbocycles. The fourth-order valence-electron chi connectivity index (χ4n) is 3.35. The maximum atomic E-state index is 12.8. The largest absolute Gasteiger partial charge is 0.342 e. The molecule has 3 rings (SSSR count). The van der Waals surface area contributed by atoms with E-state index in [2.05, 4.69) is 12.2 Å². The van der Waals surface area contributed by atoms with E-state index in [-0.39, 0.29) is 17.9 Å². The van der Waals surface area contributed by atoms with Gasteiger partial charge in [0, 0.05) is 19.0 Å². The first kappa shape index (κ1) is 12.9. The van der Waals surface area contributed by atoms with Gasteiger partial charge in [0.1, 0.15) is 5.54 Å². The molecule has 3 fully saturated rings. The molecule has 2 amide bonds. The Morgan fingerprint density at radius 2 is 2.00 bits per heavy atom. The standard InChI is InChI=1S/C15H24N2O2/c1-10(9-11-3-4-11)17-8-7-13(18)16-15(2,14(17)19)12-5-6-12/h10-12H,3-9H2,1-2H3,(H,16,18). The third kappa shape index (κ3) is 2.49. The summed E-state index contributed by atoms with van der Waals surface area (Å²) in [4.78, 5) is 26.7. The van der Waals surface area contributed by atoms with Crippen molar-refractivity contribution in [2.24, 2.45) is 11.8 Å². The summed E-state index contributed by atoms with van der Waals surface area (Å²) >= 11 is 0. The number of nitrogens with zero attached hydrogens (tertiary/aromatic N) is 1. The Morgan fingerprint density at radius 1 is 1.32 bits per heavy atom. The second-order valence-corrected chi connectivity index (χ2v) is 6.80. The average Bonchev–Trinajstić information content (AvgIpc) is 3.18. The lowest BCUT2D eigenvalue weighted by Crippen LogP contribution is -2.58. The van der Waals surface area contributed by atoms with Crippen molar-refractivity contribution in [2.75, 3.05) is 6.54 Å². The molecule has 0 bridgehead atoms. The third-order valence-electron chi connectivity index (χ3n) is 4.98. The molecule has 4 heteroatoms. The summed E-state index contributed by atoms with van der Waals surface area (Å²) in [7, 11) is 0. The topological polar surface area (TPSA) is 49.4 Å². The van der Waals surface area contributed by atoms with Crippen LogP contribution in [0, 0.1) is 11.8 Å². The quantitative estimate of drug-likeness (QED) is 0.840. The van der Waals surface area contributed by atoms with Crippen molar-refractivity contribution in [1.82, 2.24) is 10.2 Å². The minimum absolute atomic E-state index is 0.0314. The highest BCUT2D eigenvalue weighted by Gasteiger charge is 2.51. The number of rotatable bonds is 4. The normalized spacial score (nSPS) is 33.9. The fourth-order valence-corrected chi connectivity index (χ4v) is 3.35. The molecule has 0 aromatic carbocycles. The first-order valence-electron chi connectivity index (χ1n) is 7.63. The van der Waals surface area contributed by atoms with E-state index in [1.807, 2.05) is 11.8 Å². The summed E-state index contributed by atoms with van der Waals surface area (Å²) in [5.74, 6) is 1.33. The van der Waals surface area contributed by atoms with Gasteiger partial charge in [-0.15, -0.1) is 0 Å². The lowest BCUT2D eigenvalue weighted by atomic mass is 9.93. The van der Waals surface area contributed by atoms with E-state index in [1.165, 1.54) is 12.8 Å². The molecule has 0 radical (unpaired) electrons. The Hall–Kier alpha value is -1.06. The van der Waals surface area contributed by atoms with Crippen LogP contribution in [0.5, 0.6) is 0 Å². The van der Waals surface area contributed by atoms with Crippen LogP contribution in [0.25, 0.3) is 0 Å². The molecular formula is C15H24N2O2. The minimum atomic E-state index is -0.647. The Bertz CT molecular complexity index is 401. The predicted molar refractivity (Wildman–Crippen MR) is 72.4 cm³/mol. The van der Waals surface area contributed by atoms with Crippen LogP contribution in [0.3, 0.4) is 0 Å². The fraction of sp³-hybridized carbons (Fsp3) is 0.867. The van der Waals surface area contributed by atoms with Crippen molar-refractivity contribution in [3.05, 3.63) is 0 Å². The van der Waals surface area contributed by atoms with Crippen LogP contribution >= 0.6 is 0 Å². The number of nitrogens with one attached hydrogen (secondary N) is 1. The highest BCUT2D eigenvalue weighted by molar-refractivity contribution is 5.94. The average molecular weight is 264 g/mol. The van der Waals surface area contributed by atoms with Gasteiger partial charge in [0.2, 0.25) is 11.8 Å². The molecule has 4 nitrogen and oxygen atoms in total. The second-order valence-electron chi connectivity index (χ2n) is 6.80. The van der Waals surface area contributed by atoms with Crippen LogP contribution in [0.4, 0.5) is 0 Å². The van der Waals surface area contributed by atoms with Crippen molar-refractivity contribution in [3.8, 4) is 0 Å². The van der Waals surface area contributed by atoms with Crippen LogP contribution in [-0.4, -0.2) is 34.8 Å². The maximum absolute atomic E-state index is 12.8. The first-order valence-corrected chi connectivity index (χ1v) is 7.63. The number of amides is 2. The first-order chi connectivity index (χ1) is 9.00. The van der Waals surface area contributed by atoms with Gasteiger partial charge in [0.05, 0.1) is 0 Å². The van der Waals surface area contributed by atoms with Gasteiger partial charge in [0.25, 0.3) is 0 Å². The highest BCUT2D eigenvalue weighted by Crippen LogP contribution is 2.42. The zero-order valence-electron chi connectivity index (χ0n) is 11.9. The van der Waals surface area contributed by atoms with Gasteiger partial charge in [0.15, 0.2) is 0 Å². The third-order valence-corrected chi connectivity index (χ3v) is 4.98. The van der Waals surface area contributed by atoms with Crippen molar-refractivity contribution >= 4 is 11.8 Å². The number of carbonyl (C=O) groups is 2. The monoisotopic (exact) mass is 264 g/mol. The van der Waals surface area contributed by atoms with Crippen molar-refractivity contribution in [1.29, 1.82) is 0 Å². The predicted octanol–water partition coefficient (Wildman–Crippen LogP) is 1.69. The Labute approximate surface area is 114 Å². The molecule has 2 atom stereocenters. The molecule has 19 heavy (non-hydrogen) atoms. The zero-order valence-corrected chi connectivity index (χ0v) is 11.9. The lowest BCUT2D eigenvalue weighted by molar-refractivity contribution is -0.141. The molecule has 1 heterocycles. The summed E-state index contributed by atoms with van der Waals surface area (Å²) < 4.78 is 0. The molecule has 0 aromatic rings. The Balaban J connectivity index is 1.78.